The molecule has 24 heavy (non-hydrogen) atoms. The molecule has 1 saturated carbocycles. The van der Waals surface area contributed by atoms with E-state index in [9.17, 15) is 15.2 Å². The second-order valence-electron chi connectivity index (χ2n) is 6.97. The largest absolute Gasteiger partial charge is 0.393 e. The molecule has 1 heterocycles. The van der Waals surface area contributed by atoms with Crippen molar-refractivity contribution in [2.45, 2.75) is 56.6 Å². The monoisotopic (exact) mass is 327 g/mol. The molecule has 128 valence electrons. The van der Waals surface area contributed by atoms with Gasteiger partial charge in [-0.05, 0) is 49.9 Å². The Bertz CT molecular complexity index is 606. The summed E-state index contributed by atoms with van der Waals surface area (Å²) in [7, 11) is 0. The summed E-state index contributed by atoms with van der Waals surface area (Å²) in [5.74, 6) is -0.168. The summed E-state index contributed by atoms with van der Waals surface area (Å²) in [6, 6.07) is 9.87. The molecule has 1 aliphatic carbocycles. The SMILES string of the molecule is N#CC1(NC(=O)c2ccc(N3CCC(O)CC3)cc2)CCCCC1. The number of carbonyl (C=O) groups is 1. The summed E-state index contributed by atoms with van der Waals surface area (Å²) in [5, 5.41) is 22.0. The lowest BCUT2D eigenvalue weighted by Crippen LogP contribution is -2.48. The van der Waals surface area contributed by atoms with Gasteiger partial charge in [-0.1, -0.05) is 19.3 Å². The van der Waals surface area contributed by atoms with E-state index >= 15 is 0 Å². The van der Waals surface area contributed by atoms with Gasteiger partial charge in [0.1, 0.15) is 5.54 Å². The number of piperidine rings is 1. The zero-order chi connectivity index (χ0) is 17.0. The van der Waals surface area contributed by atoms with Crippen molar-refractivity contribution in [3.63, 3.8) is 0 Å². The minimum absolute atomic E-state index is 0.168. The normalized spacial score (nSPS) is 21.1. The van der Waals surface area contributed by atoms with Crippen LogP contribution in [0.4, 0.5) is 5.69 Å². The Kier molecular flexibility index (Phi) is 5.06. The first-order valence-electron chi connectivity index (χ1n) is 8.89. The van der Waals surface area contributed by atoms with Crippen LogP contribution >= 0.6 is 0 Å². The fourth-order valence-corrected chi connectivity index (χ4v) is 3.66. The standard InChI is InChI=1S/C19H25N3O2/c20-14-19(10-2-1-3-11-19)21-18(24)15-4-6-16(7-5-15)22-12-8-17(23)9-13-22/h4-7,17,23H,1-3,8-13H2,(H,21,24). The van der Waals surface area contributed by atoms with Crippen molar-refractivity contribution in [2.24, 2.45) is 0 Å². The van der Waals surface area contributed by atoms with Crippen molar-refractivity contribution in [3.8, 4) is 6.07 Å². The summed E-state index contributed by atoms with van der Waals surface area (Å²) in [5.41, 5.74) is 0.971. The van der Waals surface area contributed by atoms with E-state index in [0.29, 0.717) is 5.56 Å². The number of aliphatic hydroxyl groups excluding tert-OH is 1. The first kappa shape index (κ1) is 16.8. The molecule has 5 nitrogen and oxygen atoms in total. The molecule has 0 unspecified atom stereocenters. The Morgan fingerprint density at radius 2 is 1.79 bits per heavy atom. The lowest BCUT2D eigenvalue weighted by atomic mass is 9.82. The van der Waals surface area contributed by atoms with Gasteiger partial charge in [-0.15, -0.1) is 0 Å². The maximum absolute atomic E-state index is 12.5. The van der Waals surface area contributed by atoms with Gasteiger partial charge < -0.3 is 15.3 Å². The van der Waals surface area contributed by atoms with Crippen LogP contribution in [0.1, 0.15) is 55.3 Å². The van der Waals surface area contributed by atoms with Crippen LogP contribution in [0.3, 0.4) is 0 Å². The molecule has 0 spiro atoms. The van der Waals surface area contributed by atoms with E-state index in [2.05, 4.69) is 16.3 Å². The second-order valence-corrected chi connectivity index (χ2v) is 6.97. The zero-order valence-electron chi connectivity index (χ0n) is 14.0. The van der Waals surface area contributed by atoms with Gasteiger partial charge in [0.25, 0.3) is 5.91 Å². The van der Waals surface area contributed by atoms with Crippen LogP contribution in [0, 0.1) is 11.3 Å². The highest BCUT2D eigenvalue weighted by atomic mass is 16.3. The first-order chi connectivity index (χ1) is 11.6. The van der Waals surface area contributed by atoms with Crippen LogP contribution in [0.2, 0.25) is 0 Å². The Labute approximate surface area is 143 Å². The summed E-state index contributed by atoms with van der Waals surface area (Å²) < 4.78 is 0. The molecule has 2 fully saturated rings. The maximum atomic E-state index is 12.5. The lowest BCUT2D eigenvalue weighted by molar-refractivity contribution is 0.0902. The summed E-state index contributed by atoms with van der Waals surface area (Å²) in [6.07, 6.45) is 5.98. The van der Waals surface area contributed by atoms with Crippen molar-refractivity contribution in [1.29, 1.82) is 5.26 Å². The molecule has 1 aliphatic heterocycles. The minimum atomic E-state index is -0.697. The Morgan fingerprint density at radius 3 is 2.38 bits per heavy atom. The topological polar surface area (TPSA) is 76.4 Å². The molecule has 1 aromatic rings. The fourth-order valence-electron chi connectivity index (χ4n) is 3.66. The highest BCUT2D eigenvalue weighted by Gasteiger charge is 2.33. The Hall–Kier alpha value is -2.06. The molecular formula is C19H25N3O2. The van der Waals surface area contributed by atoms with Crippen LogP contribution in [0.5, 0.6) is 0 Å². The van der Waals surface area contributed by atoms with E-state index in [1.165, 1.54) is 0 Å². The van der Waals surface area contributed by atoms with Gasteiger partial charge in [0, 0.05) is 24.3 Å². The Morgan fingerprint density at radius 1 is 1.17 bits per heavy atom. The van der Waals surface area contributed by atoms with Gasteiger partial charge in [0.15, 0.2) is 0 Å². The second kappa shape index (κ2) is 7.23. The summed E-state index contributed by atoms with van der Waals surface area (Å²) >= 11 is 0. The molecule has 0 atom stereocenters. The van der Waals surface area contributed by atoms with Crippen LogP contribution in [0.25, 0.3) is 0 Å². The molecule has 1 amide bonds. The molecule has 1 saturated heterocycles. The molecule has 2 aliphatic rings. The number of amides is 1. The molecule has 0 bridgehead atoms. The van der Waals surface area contributed by atoms with Gasteiger partial charge in [-0.2, -0.15) is 5.26 Å². The van der Waals surface area contributed by atoms with Crippen LogP contribution in [-0.4, -0.2) is 35.7 Å². The highest BCUT2D eigenvalue weighted by Crippen LogP contribution is 2.28. The van der Waals surface area contributed by atoms with Crippen molar-refractivity contribution >= 4 is 11.6 Å². The molecule has 2 N–H and O–H groups in total. The minimum Gasteiger partial charge on any atom is -0.393 e. The van der Waals surface area contributed by atoms with Crippen molar-refractivity contribution < 1.29 is 9.90 Å². The average molecular weight is 327 g/mol. The molecule has 3 rings (SSSR count). The number of nitriles is 1. The first-order valence-corrected chi connectivity index (χ1v) is 8.89. The molecule has 1 aromatic carbocycles. The van der Waals surface area contributed by atoms with E-state index in [4.69, 9.17) is 0 Å². The van der Waals surface area contributed by atoms with Gasteiger partial charge in [-0.3, -0.25) is 4.79 Å². The van der Waals surface area contributed by atoms with Crippen molar-refractivity contribution in [1.82, 2.24) is 5.32 Å². The van der Waals surface area contributed by atoms with E-state index < -0.39 is 5.54 Å². The number of rotatable bonds is 3. The number of hydrogen-bond donors (Lipinski definition) is 2. The predicted octanol–water partition coefficient (Wildman–Crippen LogP) is 2.60. The number of hydrogen-bond acceptors (Lipinski definition) is 4. The third kappa shape index (κ3) is 3.70. The molecule has 0 radical (unpaired) electrons. The third-order valence-electron chi connectivity index (χ3n) is 5.23. The van der Waals surface area contributed by atoms with E-state index in [1.54, 1.807) is 0 Å². The number of benzene rings is 1. The third-order valence-corrected chi connectivity index (χ3v) is 5.23. The number of nitrogens with zero attached hydrogens (tertiary/aromatic N) is 2. The molecule has 0 aromatic heterocycles. The number of nitrogens with one attached hydrogen (secondary N) is 1. The predicted molar refractivity (Wildman–Crippen MR) is 92.8 cm³/mol. The van der Waals surface area contributed by atoms with Crippen molar-refractivity contribution in [3.05, 3.63) is 29.8 Å². The van der Waals surface area contributed by atoms with Gasteiger partial charge in [-0.25, -0.2) is 0 Å². The number of anilines is 1. The number of carbonyl (C=O) groups excluding carboxylic acids is 1. The maximum Gasteiger partial charge on any atom is 0.252 e. The van der Waals surface area contributed by atoms with E-state index in [1.807, 2.05) is 24.3 Å². The van der Waals surface area contributed by atoms with Crippen LogP contribution < -0.4 is 10.2 Å². The van der Waals surface area contributed by atoms with Gasteiger partial charge in [0.2, 0.25) is 0 Å². The van der Waals surface area contributed by atoms with Crippen LogP contribution in [-0.2, 0) is 0 Å². The van der Waals surface area contributed by atoms with Gasteiger partial charge in [0.05, 0.1) is 12.2 Å². The van der Waals surface area contributed by atoms with E-state index in [-0.39, 0.29) is 12.0 Å². The fraction of sp³-hybridized carbons (Fsp3) is 0.579. The van der Waals surface area contributed by atoms with Gasteiger partial charge >= 0.3 is 0 Å². The molecular weight excluding hydrogens is 302 g/mol. The lowest BCUT2D eigenvalue weighted by Gasteiger charge is -2.32. The van der Waals surface area contributed by atoms with E-state index in [0.717, 1.165) is 63.7 Å². The smallest absolute Gasteiger partial charge is 0.252 e. The average Bonchev–Trinajstić information content (AvgIpc) is 2.63. The summed E-state index contributed by atoms with van der Waals surface area (Å²) in [4.78, 5) is 14.7. The summed E-state index contributed by atoms with van der Waals surface area (Å²) in [6.45, 7) is 1.68. The van der Waals surface area contributed by atoms with Crippen molar-refractivity contribution in [2.75, 3.05) is 18.0 Å². The highest BCUT2D eigenvalue weighted by molar-refractivity contribution is 5.95. The number of aliphatic hydroxyl groups is 1. The molecule has 5 heteroatoms. The zero-order valence-corrected chi connectivity index (χ0v) is 14.0. The Balaban J connectivity index is 1.64. The quantitative estimate of drug-likeness (QED) is 0.895. The van der Waals surface area contributed by atoms with Crippen LogP contribution in [0.15, 0.2) is 24.3 Å².